The van der Waals surface area contributed by atoms with E-state index in [1.54, 1.807) is 6.07 Å². The summed E-state index contributed by atoms with van der Waals surface area (Å²) < 4.78 is 0. The molecule has 164 valence electrons. The van der Waals surface area contributed by atoms with Gasteiger partial charge in [-0.05, 0) is 23.8 Å². The molecule has 3 aromatic rings. The number of hydrogen-bond acceptors (Lipinski definition) is 6. The van der Waals surface area contributed by atoms with Crippen LogP contribution < -0.4 is 0 Å². The molecule has 0 aliphatic carbocycles. The van der Waals surface area contributed by atoms with Crippen molar-refractivity contribution in [3.63, 3.8) is 0 Å². The maximum absolute atomic E-state index is 10.2. The monoisotopic (exact) mass is 511 g/mol. The summed E-state index contributed by atoms with van der Waals surface area (Å²) in [5, 5.41) is 18.4. The van der Waals surface area contributed by atoms with Crippen LogP contribution in [0.1, 0.15) is 21.5 Å². The number of aliphatic hydroxyl groups is 2. The van der Waals surface area contributed by atoms with Gasteiger partial charge in [0.25, 0.3) is 11.6 Å². The molecule has 0 bridgehead atoms. The van der Waals surface area contributed by atoms with Gasteiger partial charge in [-0.1, -0.05) is 59.5 Å². The molecule has 0 aliphatic rings. The molecule has 0 saturated heterocycles. The zero-order valence-electron chi connectivity index (χ0n) is 16.0. The zero-order valence-corrected chi connectivity index (χ0v) is 19.0. The second-order valence-corrected chi connectivity index (χ2v) is 7.08. The fraction of sp³-hybridized carbons (Fsp3) is 0.100. The number of rotatable bonds is 3. The average molecular weight is 513 g/mol. The third-order valence-electron chi connectivity index (χ3n) is 3.29. The first-order valence-electron chi connectivity index (χ1n) is 8.31. The van der Waals surface area contributed by atoms with E-state index in [0.29, 0.717) is 28.0 Å². The summed E-state index contributed by atoms with van der Waals surface area (Å²) in [4.78, 5) is 27.4. The molecule has 0 fully saturated rings. The van der Waals surface area contributed by atoms with Gasteiger partial charge < -0.3 is 19.9 Å². The van der Waals surface area contributed by atoms with E-state index in [4.69, 9.17) is 69.8 Å². The van der Waals surface area contributed by atoms with Crippen LogP contribution in [0.4, 0.5) is 11.6 Å². The first kappa shape index (κ1) is 27.2. The molecule has 0 spiro atoms. The summed E-state index contributed by atoms with van der Waals surface area (Å²) in [6.07, 6.45) is 4.85. The first-order chi connectivity index (χ1) is 15.3. The van der Waals surface area contributed by atoms with E-state index in [0.717, 1.165) is 0 Å². The van der Waals surface area contributed by atoms with Crippen molar-refractivity contribution in [3.05, 3.63) is 96.5 Å². The Labute approximate surface area is 203 Å². The van der Waals surface area contributed by atoms with Crippen molar-refractivity contribution in [1.82, 2.24) is 15.0 Å². The second-order valence-electron chi connectivity index (χ2n) is 5.50. The molecule has 0 radical (unpaired) electrons. The predicted molar refractivity (Wildman–Crippen MR) is 123 cm³/mol. The van der Waals surface area contributed by atoms with E-state index in [1.807, 2.05) is 0 Å². The van der Waals surface area contributed by atoms with Crippen LogP contribution >= 0.6 is 46.4 Å². The number of halogens is 4. The molecular formula is C20H13Cl4N5O3. The largest absolute Gasteiger partial charge is 0.392 e. The highest BCUT2D eigenvalue weighted by Crippen LogP contribution is 2.23. The molecule has 0 aliphatic heterocycles. The number of carbonyl (C=O) groups excluding carboxylic acids is 1. The molecule has 3 aromatic heterocycles. The average Bonchev–Trinajstić information content (AvgIpc) is 2.81. The topological polar surface area (TPSA) is 105 Å². The Kier molecular flexibility index (Phi) is 12.1. The van der Waals surface area contributed by atoms with Gasteiger partial charge >= 0.3 is 0 Å². The smallest absolute Gasteiger partial charge is 0.288 e. The van der Waals surface area contributed by atoms with Crippen molar-refractivity contribution in [1.29, 1.82) is 0 Å². The van der Waals surface area contributed by atoms with Gasteiger partial charge in [0.15, 0.2) is 6.29 Å². The van der Waals surface area contributed by atoms with Crippen molar-refractivity contribution in [2.45, 2.75) is 13.2 Å². The fourth-order valence-corrected chi connectivity index (χ4v) is 2.52. The molecule has 0 amide bonds. The molecule has 0 atom stereocenters. The van der Waals surface area contributed by atoms with Crippen LogP contribution in [0.15, 0.2) is 36.8 Å². The summed E-state index contributed by atoms with van der Waals surface area (Å²) in [6, 6.07) is 4.52. The van der Waals surface area contributed by atoms with Crippen molar-refractivity contribution in [2.24, 2.45) is 0 Å². The van der Waals surface area contributed by atoms with Gasteiger partial charge in [0.1, 0.15) is 17.5 Å². The Balaban J connectivity index is 0.000000240. The number of aromatic nitrogens is 3. The van der Waals surface area contributed by atoms with Crippen molar-refractivity contribution in [2.75, 3.05) is 0 Å². The van der Waals surface area contributed by atoms with Crippen LogP contribution in [0.5, 0.6) is 0 Å². The molecule has 3 rings (SSSR count). The first-order valence-corrected chi connectivity index (χ1v) is 9.82. The van der Waals surface area contributed by atoms with Crippen LogP contribution in [0.3, 0.4) is 0 Å². The lowest BCUT2D eigenvalue weighted by Gasteiger charge is -1.96. The fourth-order valence-electron chi connectivity index (χ4n) is 1.78. The van der Waals surface area contributed by atoms with E-state index in [2.05, 4.69) is 24.6 Å². The van der Waals surface area contributed by atoms with Gasteiger partial charge in [-0.3, -0.25) is 4.79 Å². The van der Waals surface area contributed by atoms with E-state index < -0.39 is 0 Å². The summed E-state index contributed by atoms with van der Waals surface area (Å²) in [7, 11) is 0. The second kappa shape index (κ2) is 14.3. The molecule has 32 heavy (non-hydrogen) atoms. The molecule has 3 heterocycles. The minimum Gasteiger partial charge on any atom is -0.392 e. The Hall–Kier alpha value is -2.82. The number of pyridine rings is 3. The lowest BCUT2D eigenvalue weighted by Crippen LogP contribution is -1.85. The van der Waals surface area contributed by atoms with Gasteiger partial charge in [0, 0.05) is 11.8 Å². The Morgan fingerprint density at radius 2 is 1.25 bits per heavy atom. The van der Waals surface area contributed by atoms with Gasteiger partial charge in [-0.25, -0.2) is 4.98 Å². The SMILES string of the molecule is OCc1cnc(Cl)c(Cl)c1.[C-]#[N+]c1ncc(C=O)cc1Cl.[C-]#[N+]c1ncc(CO)cc1Cl. The van der Waals surface area contributed by atoms with Crippen molar-refractivity contribution < 1.29 is 15.0 Å². The minimum absolute atomic E-state index is 0.0656. The standard InChI is InChI=1S/C7H5ClN2O.C7H3ClN2O.C6H5Cl2NO/c2*1-9-7-6(8)2-5(4-11)3-10-7;7-5-1-4(3-10)2-9-6(5)8/h2-3,11H,4H2;2-4H;1-2,10H,3H2. The third-order valence-corrected chi connectivity index (χ3v) is 4.53. The Bertz CT molecular complexity index is 1160. The quantitative estimate of drug-likeness (QED) is 0.262. The minimum atomic E-state index is -0.106. The molecule has 2 N–H and O–H groups in total. The molecule has 8 nitrogen and oxygen atoms in total. The van der Waals surface area contributed by atoms with Crippen LogP contribution in [0.2, 0.25) is 20.2 Å². The maximum Gasteiger partial charge on any atom is 0.288 e. The summed E-state index contributed by atoms with van der Waals surface area (Å²) >= 11 is 22.3. The summed E-state index contributed by atoms with van der Waals surface area (Å²) in [6.45, 7) is 13.1. The van der Waals surface area contributed by atoms with Crippen molar-refractivity contribution in [3.8, 4) is 0 Å². The number of hydrogen-bond donors (Lipinski definition) is 2. The van der Waals surface area contributed by atoms with Gasteiger partial charge in [-0.2, -0.15) is 0 Å². The van der Waals surface area contributed by atoms with E-state index >= 15 is 0 Å². The lowest BCUT2D eigenvalue weighted by molar-refractivity contribution is 0.112. The summed E-state index contributed by atoms with van der Waals surface area (Å²) in [5.41, 5.74) is 1.65. The number of aldehydes is 1. The van der Waals surface area contributed by atoms with Crippen LogP contribution in [0, 0.1) is 13.1 Å². The van der Waals surface area contributed by atoms with Gasteiger partial charge in [-0.15, -0.1) is 9.97 Å². The van der Waals surface area contributed by atoms with E-state index in [9.17, 15) is 4.79 Å². The highest BCUT2D eigenvalue weighted by molar-refractivity contribution is 6.41. The van der Waals surface area contributed by atoms with Crippen molar-refractivity contribution >= 4 is 64.3 Å². The van der Waals surface area contributed by atoms with E-state index in [1.165, 1.54) is 30.7 Å². The predicted octanol–water partition coefficient (Wildman–Crippen LogP) is 5.76. The summed E-state index contributed by atoms with van der Waals surface area (Å²) in [5.74, 6) is 0.293. The number of carbonyl (C=O) groups is 1. The Morgan fingerprint density at radius 3 is 1.66 bits per heavy atom. The zero-order chi connectivity index (χ0) is 24.1. The Morgan fingerprint density at radius 1 is 0.781 bits per heavy atom. The highest BCUT2D eigenvalue weighted by Gasteiger charge is 2.03. The normalized spacial score (nSPS) is 9.25. The number of nitrogens with zero attached hydrogens (tertiary/aromatic N) is 5. The maximum atomic E-state index is 10.2. The molecule has 12 heteroatoms. The van der Waals surface area contributed by atoms with Gasteiger partial charge in [0.05, 0.1) is 33.8 Å². The van der Waals surface area contributed by atoms with E-state index in [-0.39, 0.29) is 40.0 Å². The lowest BCUT2D eigenvalue weighted by atomic mass is 10.3. The van der Waals surface area contributed by atoms with Crippen LogP contribution in [-0.4, -0.2) is 31.5 Å². The molecule has 0 unspecified atom stereocenters. The highest BCUT2D eigenvalue weighted by atomic mass is 35.5. The van der Waals surface area contributed by atoms with Crippen LogP contribution in [-0.2, 0) is 13.2 Å². The molecule has 0 aromatic carbocycles. The third kappa shape index (κ3) is 8.74. The molecule has 0 saturated carbocycles. The number of aliphatic hydroxyl groups excluding tert-OH is 2. The molecular weight excluding hydrogens is 500 g/mol. The van der Waals surface area contributed by atoms with Gasteiger partial charge in [0.2, 0.25) is 0 Å². The van der Waals surface area contributed by atoms with Crippen LogP contribution in [0.25, 0.3) is 9.69 Å².